The average Bonchev–Trinajstić information content (AvgIpc) is 2.05. The molecule has 1 aromatic rings. The summed E-state index contributed by atoms with van der Waals surface area (Å²) in [6.45, 7) is 5.84. The Morgan fingerprint density at radius 2 is 2.25 bits per heavy atom. The van der Waals surface area contributed by atoms with Gasteiger partial charge in [-0.15, -0.1) is 0 Å². The van der Waals surface area contributed by atoms with Crippen molar-refractivity contribution >= 4 is 40.3 Å². The van der Waals surface area contributed by atoms with E-state index in [1.165, 1.54) is 5.56 Å². The number of alkyl halides is 1. The lowest BCUT2D eigenvalue weighted by Crippen LogP contribution is -1.86. The van der Waals surface area contributed by atoms with Crippen molar-refractivity contribution in [2.75, 3.05) is 0 Å². The zero-order chi connectivity index (χ0) is 9.14. The van der Waals surface area contributed by atoms with E-state index in [1.807, 2.05) is 18.2 Å². The normalized spacial score (nSPS) is 12.6. The van der Waals surface area contributed by atoms with Crippen molar-refractivity contribution in [2.24, 2.45) is 0 Å². The van der Waals surface area contributed by atoms with Gasteiger partial charge in [-0.1, -0.05) is 52.9 Å². The number of rotatable bonds is 2. The molecule has 0 N–H and O–H groups in total. The van der Waals surface area contributed by atoms with Gasteiger partial charge in [0.05, 0.1) is 0 Å². The van der Waals surface area contributed by atoms with E-state index in [4.69, 9.17) is 11.6 Å². The Hall–Kier alpha value is -0.0200. The molecule has 0 aliphatic heterocycles. The fourth-order valence-corrected chi connectivity index (χ4v) is 1.97. The average molecular weight is 293 g/mol. The van der Waals surface area contributed by atoms with Crippen molar-refractivity contribution in [3.05, 3.63) is 40.9 Å². The molecule has 0 aliphatic carbocycles. The van der Waals surface area contributed by atoms with Crippen molar-refractivity contribution in [1.82, 2.24) is 0 Å². The van der Waals surface area contributed by atoms with E-state index in [1.54, 1.807) is 0 Å². The van der Waals surface area contributed by atoms with Gasteiger partial charge >= 0.3 is 0 Å². The van der Waals surface area contributed by atoms with E-state index in [-0.39, 0.29) is 0 Å². The van der Waals surface area contributed by atoms with Crippen LogP contribution in [0.4, 0.5) is 0 Å². The summed E-state index contributed by atoms with van der Waals surface area (Å²) in [6, 6.07) is 5.97. The first kappa shape index (κ1) is 10.1. The molecule has 0 aromatic heterocycles. The van der Waals surface area contributed by atoms with E-state index in [0.29, 0.717) is 3.92 Å². The minimum Gasteiger partial charge on any atom is -0.0985 e. The molecule has 1 unspecified atom stereocenters. The summed E-state index contributed by atoms with van der Waals surface area (Å²) in [5.74, 6) is 0. The van der Waals surface area contributed by atoms with E-state index in [0.717, 1.165) is 10.6 Å². The molecule has 0 aliphatic rings. The zero-order valence-corrected chi connectivity index (χ0v) is 9.76. The summed E-state index contributed by atoms with van der Waals surface area (Å²) >= 11 is 8.36. The molecule has 0 saturated carbocycles. The highest BCUT2D eigenvalue weighted by Crippen LogP contribution is 2.30. The molecule has 1 aromatic carbocycles. The van der Waals surface area contributed by atoms with Crippen LogP contribution in [0, 0.1) is 0 Å². The van der Waals surface area contributed by atoms with Crippen molar-refractivity contribution in [2.45, 2.75) is 10.8 Å². The number of hydrogen-bond acceptors (Lipinski definition) is 0. The maximum atomic E-state index is 6.01. The van der Waals surface area contributed by atoms with E-state index < -0.39 is 0 Å². The molecule has 0 fully saturated rings. The van der Waals surface area contributed by atoms with Gasteiger partial charge < -0.3 is 0 Å². The topological polar surface area (TPSA) is 0 Å². The standard InChI is InChI=1S/C10H10ClI/c1-3-8-4-5-10(11)9(6-8)7(2)12/h3-7H,1H2,2H3. The highest BCUT2D eigenvalue weighted by atomic mass is 127. The third-order valence-electron chi connectivity index (χ3n) is 1.68. The molecule has 12 heavy (non-hydrogen) atoms. The van der Waals surface area contributed by atoms with Crippen LogP contribution >= 0.6 is 34.2 Å². The van der Waals surface area contributed by atoms with Gasteiger partial charge in [-0.2, -0.15) is 0 Å². The Labute approximate surface area is 91.8 Å². The number of halogens is 2. The Balaban J connectivity index is 3.16. The first-order valence-corrected chi connectivity index (χ1v) is 5.33. The highest BCUT2D eigenvalue weighted by Gasteiger charge is 2.05. The number of benzene rings is 1. The Kier molecular flexibility index (Phi) is 3.59. The van der Waals surface area contributed by atoms with Crippen LogP contribution < -0.4 is 0 Å². The van der Waals surface area contributed by atoms with Gasteiger partial charge in [0.25, 0.3) is 0 Å². The molecule has 2 heteroatoms. The predicted octanol–water partition coefficient (Wildman–Crippen LogP) is 4.48. The number of hydrogen-bond donors (Lipinski definition) is 0. The SMILES string of the molecule is C=Cc1ccc(Cl)c(C(C)I)c1. The van der Waals surface area contributed by atoms with Crippen molar-refractivity contribution in [3.8, 4) is 0 Å². The van der Waals surface area contributed by atoms with Crippen LogP contribution in [-0.4, -0.2) is 0 Å². The molecule has 0 saturated heterocycles. The largest absolute Gasteiger partial charge is 0.0985 e. The third-order valence-corrected chi connectivity index (χ3v) is 2.70. The monoisotopic (exact) mass is 292 g/mol. The van der Waals surface area contributed by atoms with Crippen LogP contribution in [0.5, 0.6) is 0 Å². The molecule has 0 heterocycles. The third kappa shape index (κ3) is 2.23. The molecule has 1 atom stereocenters. The second kappa shape index (κ2) is 4.28. The lowest BCUT2D eigenvalue weighted by atomic mass is 10.1. The second-order valence-corrected chi connectivity index (χ2v) is 4.88. The summed E-state index contributed by atoms with van der Waals surface area (Å²) in [6.07, 6.45) is 1.83. The molecule has 0 amide bonds. The Morgan fingerprint density at radius 1 is 1.58 bits per heavy atom. The maximum Gasteiger partial charge on any atom is 0.0448 e. The van der Waals surface area contributed by atoms with Gasteiger partial charge in [-0.05, 0) is 30.2 Å². The summed E-state index contributed by atoms with van der Waals surface area (Å²) in [5, 5.41) is 0.836. The molecule has 64 valence electrons. The Bertz CT molecular complexity index is 292. The highest BCUT2D eigenvalue weighted by molar-refractivity contribution is 14.1. The molecular weight excluding hydrogens is 282 g/mol. The van der Waals surface area contributed by atoms with Crippen LogP contribution in [0.2, 0.25) is 5.02 Å². The van der Waals surface area contributed by atoms with Crippen LogP contribution in [0.15, 0.2) is 24.8 Å². The summed E-state index contributed by atoms with van der Waals surface area (Å²) in [4.78, 5) is 0. The van der Waals surface area contributed by atoms with Crippen molar-refractivity contribution in [1.29, 1.82) is 0 Å². The minimum atomic E-state index is 0.440. The zero-order valence-electron chi connectivity index (χ0n) is 6.85. The van der Waals surface area contributed by atoms with Crippen LogP contribution in [0.1, 0.15) is 22.0 Å². The van der Waals surface area contributed by atoms with Gasteiger partial charge in [0.2, 0.25) is 0 Å². The smallest absolute Gasteiger partial charge is 0.0448 e. The van der Waals surface area contributed by atoms with Crippen LogP contribution in [-0.2, 0) is 0 Å². The minimum absolute atomic E-state index is 0.440. The first-order chi connectivity index (χ1) is 5.65. The molecule has 0 bridgehead atoms. The van der Waals surface area contributed by atoms with E-state index in [2.05, 4.69) is 42.2 Å². The fourth-order valence-electron chi connectivity index (χ4n) is 0.994. The van der Waals surface area contributed by atoms with Crippen molar-refractivity contribution in [3.63, 3.8) is 0 Å². The van der Waals surface area contributed by atoms with Gasteiger partial charge in [0.1, 0.15) is 0 Å². The second-order valence-electron chi connectivity index (χ2n) is 2.60. The van der Waals surface area contributed by atoms with E-state index in [9.17, 15) is 0 Å². The molecular formula is C10H10ClI. The van der Waals surface area contributed by atoms with Crippen molar-refractivity contribution < 1.29 is 0 Å². The van der Waals surface area contributed by atoms with Crippen LogP contribution in [0.25, 0.3) is 6.08 Å². The summed E-state index contributed by atoms with van der Waals surface area (Å²) in [7, 11) is 0. The predicted molar refractivity (Wildman–Crippen MR) is 64.0 cm³/mol. The maximum absolute atomic E-state index is 6.01. The first-order valence-electron chi connectivity index (χ1n) is 3.71. The summed E-state index contributed by atoms with van der Waals surface area (Å²) in [5.41, 5.74) is 2.30. The lowest BCUT2D eigenvalue weighted by molar-refractivity contribution is 1.15. The lowest BCUT2D eigenvalue weighted by Gasteiger charge is -2.07. The van der Waals surface area contributed by atoms with Gasteiger partial charge in [0.15, 0.2) is 0 Å². The van der Waals surface area contributed by atoms with Gasteiger partial charge in [-0.25, -0.2) is 0 Å². The molecule has 0 radical (unpaired) electrons. The van der Waals surface area contributed by atoms with Crippen LogP contribution in [0.3, 0.4) is 0 Å². The molecule has 0 nitrogen and oxygen atoms in total. The van der Waals surface area contributed by atoms with Gasteiger partial charge in [0, 0.05) is 8.95 Å². The molecule has 0 spiro atoms. The summed E-state index contributed by atoms with van der Waals surface area (Å²) < 4.78 is 0.440. The Morgan fingerprint density at radius 3 is 2.75 bits per heavy atom. The van der Waals surface area contributed by atoms with Gasteiger partial charge in [-0.3, -0.25) is 0 Å². The molecule has 1 rings (SSSR count). The fraction of sp³-hybridized carbons (Fsp3) is 0.200. The quantitative estimate of drug-likeness (QED) is 0.557. The van der Waals surface area contributed by atoms with E-state index >= 15 is 0 Å².